The molecule has 7 nitrogen and oxygen atoms in total. The number of nitrogens with one attached hydrogen (secondary N) is 1. The summed E-state index contributed by atoms with van der Waals surface area (Å²) < 4.78 is 1.94. The minimum atomic E-state index is -1.18. The molecule has 0 saturated heterocycles. The van der Waals surface area contributed by atoms with Crippen LogP contribution in [0.4, 0.5) is 5.69 Å². The number of aryl methyl sites for hydroxylation is 1. The highest BCUT2D eigenvalue weighted by Gasteiger charge is 2.11. The van der Waals surface area contributed by atoms with E-state index in [2.05, 4.69) is 31.6 Å². The Kier molecular flexibility index (Phi) is 4.14. The highest BCUT2D eigenvalue weighted by molar-refractivity contribution is 9.10. The van der Waals surface area contributed by atoms with Gasteiger partial charge in [-0.05, 0) is 40.5 Å². The van der Waals surface area contributed by atoms with Gasteiger partial charge in [-0.3, -0.25) is 4.79 Å². The third-order valence-corrected chi connectivity index (χ3v) is 3.12. The number of nitrogens with zero attached hydrogens (tertiary/aromatic N) is 3. The summed E-state index contributed by atoms with van der Waals surface area (Å²) in [5.74, 6) is -1.51. The predicted molar refractivity (Wildman–Crippen MR) is 74.5 cm³/mol. The number of hydrogen-bond acceptors (Lipinski definition) is 4. The van der Waals surface area contributed by atoms with E-state index in [9.17, 15) is 9.59 Å². The lowest BCUT2D eigenvalue weighted by molar-refractivity contribution is -0.116. The Balaban J connectivity index is 2.03. The molecule has 0 aliphatic carbocycles. The average Bonchev–Trinajstić information content (AvgIpc) is 2.81. The van der Waals surface area contributed by atoms with Crippen molar-refractivity contribution in [1.82, 2.24) is 15.0 Å². The van der Waals surface area contributed by atoms with Gasteiger partial charge in [-0.2, -0.15) is 0 Å². The van der Waals surface area contributed by atoms with Crippen LogP contribution < -0.4 is 5.32 Å². The molecule has 1 aromatic heterocycles. The predicted octanol–water partition coefficient (Wildman–Crippen LogP) is 1.69. The summed E-state index contributed by atoms with van der Waals surface area (Å²) in [7, 11) is 0. The number of amides is 1. The second kappa shape index (κ2) is 5.83. The summed E-state index contributed by atoms with van der Waals surface area (Å²) in [4.78, 5) is 22.5. The van der Waals surface area contributed by atoms with E-state index in [-0.39, 0.29) is 18.1 Å². The Morgan fingerprint density at radius 3 is 2.80 bits per heavy atom. The number of benzene rings is 1. The number of halogens is 1. The number of aromatic nitrogens is 3. The molecule has 0 spiro atoms. The van der Waals surface area contributed by atoms with E-state index in [1.807, 2.05) is 19.1 Å². The van der Waals surface area contributed by atoms with Gasteiger partial charge in [0, 0.05) is 4.47 Å². The maximum absolute atomic E-state index is 11.8. The topological polar surface area (TPSA) is 97.1 Å². The average molecular weight is 339 g/mol. The molecule has 0 saturated carbocycles. The van der Waals surface area contributed by atoms with Crippen LogP contribution >= 0.6 is 15.9 Å². The van der Waals surface area contributed by atoms with Gasteiger partial charge in [-0.1, -0.05) is 11.3 Å². The van der Waals surface area contributed by atoms with Crippen molar-refractivity contribution in [2.45, 2.75) is 13.5 Å². The van der Waals surface area contributed by atoms with Gasteiger partial charge in [0.2, 0.25) is 5.91 Å². The van der Waals surface area contributed by atoms with E-state index in [1.165, 1.54) is 10.9 Å². The molecule has 1 aromatic carbocycles. The lowest BCUT2D eigenvalue weighted by Crippen LogP contribution is -2.19. The molecule has 0 atom stereocenters. The van der Waals surface area contributed by atoms with Crippen molar-refractivity contribution in [2.75, 3.05) is 5.32 Å². The van der Waals surface area contributed by atoms with Crippen LogP contribution in [0.5, 0.6) is 0 Å². The van der Waals surface area contributed by atoms with E-state index in [0.717, 1.165) is 10.0 Å². The van der Waals surface area contributed by atoms with Crippen molar-refractivity contribution in [3.63, 3.8) is 0 Å². The molecule has 0 aliphatic heterocycles. The van der Waals surface area contributed by atoms with Crippen molar-refractivity contribution in [3.05, 3.63) is 40.1 Å². The smallest absolute Gasteiger partial charge is 0.358 e. The van der Waals surface area contributed by atoms with Crippen LogP contribution in [0.25, 0.3) is 0 Å². The second-order valence-electron chi connectivity index (χ2n) is 4.14. The Hall–Kier alpha value is -2.22. The Morgan fingerprint density at radius 2 is 2.20 bits per heavy atom. The van der Waals surface area contributed by atoms with Gasteiger partial charge in [0.1, 0.15) is 6.54 Å². The fourth-order valence-electron chi connectivity index (χ4n) is 1.53. The van der Waals surface area contributed by atoms with Gasteiger partial charge in [0.15, 0.2) is 5.69 Å². The van der Waals surface area contributed by atoms with Crippen LogP contribution in [0.3, 0.4) is 0 Å². The van der Waals surface area contributed by atoms with Crippen molar-refractivity contribution in [2.24, 2.45) is 0 Å². The number of carboxylic acids is 1. The number of carboxylic acid groups (broad SMARTS) is 1. The van der Waals surface area contributed by atoms with E-state index in [4.69, 9.17) is 5.11 Å². The van der Waals surface area contributed by atoms with Crippen molar-refractivity contribution >= 4 is 33.5 Å². The van der Waals surface area contributed by atoms with Crippen molar-refractivity contribution < 1.29 is 14.7 Å². The monoisotopic (exact) mass is 338 g/mol. The highest BCUT2D eigenvalue weighted by atomic mass is 79.9. The zero-order valence-corrected chi connectivity index (χ0v) is 12.1. The first kappa shape index (κ1) is 14.2. The van der Waals surface area contributed by atoms with Crippen molar-refractivity contribution in [3.8, 4) is 0 Å². The minimum Gasteiger partial charge on any atom is -0.476 e. The lowest BCUT2D eigenvalue weighted by atomic mass is 10.2. The summed E-state index contributed by atoms with van der Waals surface area (Å²) in [5.41, 5.74) is 1.51. The van der Waals surface area contributed by atoms with Crippen LogP contribution in [0.1, 0.15) is 16.1 Å². The number of rotatable bonds is 4. The molecule has 8 heteroatoms. The van der Waals surface area contributed by atoms with Crippen LogP contribution in [-0.2, 0) is 11.3 Å². The van der Waals surface area contributed by atoms with Gasteiger partial charge >= 0.3 is 5.97 Å². The molecule has 2 rings (SSSR count). The van der Waals surface area contributed by atoms with Gasteiger partial charge < -0.3 is 10.4 Å². The molecular weight excluding hydrogens is 328 g/mol. The SMILES string of the molecule is Cc1ccc(NC(=O)Cn2cc(C(=O)O)nn2)c(Br)c1. The second-order valence-corrected chi connectivity index (χ2v) is 4.99. The fraction of sp³-hybridized carbons (Fsp3) is 0.167. The molecule has 2 aromatic rings. The zero-order valence-electron chi connectivity index (χ0n) is 10.5. The van der Waals surface area contributed by atoms with Crippen LogP contribution in [0, 0.1) is 6.92 Å². The molecule has 1 amide bonds. The summed E-state index contributed by atoms with van der Waals surface area (Å²) >= 11 is 3.36. The standard InChI is InChI=1S/C12H11BrN4O3/c1-7-2-3-9(8(13)4-7)14-11(18)6-17-5-10(12(19)20)15-16-17/h2-5H,6H2,1H3,(H,14,18)(H,19,20). The largest absolute Gasteiger partial charge is 0.476 e. The van der Waals surface area contributed by atoms with Gasteiger partial charge in [-0.25, -0.2) is 9.48 Å². The quantitative estimate of drug-likeness (QED) is 0.883. The summed E-state index contributed by atoms with van der Waals surface area (Å²) in [6.07, 6.45) is 1.20. The Labute approximate surface area is 122 Å². The molecule has 20 heavy (non-hydrogen) atoms. The molecule has 0 bridgehead atoms. The first-order valence-corrected chi connectivity index (χ1v) is 6.44. The molecule has 0 aliphatic rings. The molecular formula is C12H11BrN4O3. The van der Waals surface area contributed by atoms with E-state index in [1.54, 1.807) is 6.07 Å². The first-order valence-electron chi connectivity index (χ1n) is 5.65. The van der Waals surface area contributed by atoms with Crippen molar-refractivity contribution in [1.29, 1.82) is 0 Å². The maximum atomic E-state index is 11.8. The van der Waals surface area contributed by atoms with E-state index in [0.29, 0.717) is 5.69 Å². The molecule has 104 valence electrons. The fourth-order valence-corrected chi connectivity index (χ4v) is 2.12. The number of anilines is 1. The number of carbonyl (C=O) groups excluding carboxylic acids is 1. The van der Waals surface area contributed by atoms with Crippen LogP contribution in [0.2, 0.25) is 0 Å². The Bertz CT molecular complexity index is 668. The van der Waals surface area contributed by atoms with E-state index < -0.39 is 5.97 Å². The van der Waals surface area contributed by atoms with Gasteiger partial charge in [0.05, 0.1) is 11.9 Å². The van der Waals surface area contributed by atoms with Crippen LogP contribution in [-0.4, -0.2) is 32.0 Å². The summed E-state index contributed by atoms with van der Waals surface area (Å²) in [6, 6.07) is 5.54. The van der Waals surface area contributed by atoms with Gasteiger partial charge in [-0.15, -0.1) is 5.10 Å². The third-order valence-electron chi connectivity index (χ3n) is 2.46. The molecule has 2 N–H and O–H groups in total. The first-order chi connectivity index (χ1) is 9.45. The molecule has 0 fully saturated rings. The molecule has 0 radical (unpaired) electrons. The maximum Gasteiger partial charge on any atom is 0.358 e. The number of hydrogen-bond donors (Lipinski definition) is 2. The minimum absolute atomic E-state index is 0.111. The number of aromatic carboxylic acids is 1. The Morgan fingerprint density at radius 1 is 1.45 bits per heavy atom. The van der Waals surface area contributed by atoms with Crippen LogP contribution in [0.15, 0.2) is 28.9 Å². The summed E-state index contributed by atoms with van der Waals surface area (Å²) in [5, 5.41) is 18.4. The van der Waals surface area contributed by atoms with E-state index >= 15 is 0 Å². The molecule has 1 heterocycles. The highest BCUT2D eigenvalue weighted by Crippen LogP contribution is 2.23. The molecule has 0 unspecified atom stereocenters. The zero-order chi connectivity index (χ0) is 14.7. The van der Waals surface area contributed by atoms with Gasteiger partial charge in [0.25, 0.3) is 0 Å². The summed E-state index contributed by atoms with van der Waals surface area (Å²) in [6.45, 7) is 1.83. The number of carbonyl (C=O) groups is 2. The lowest BCUT2D eigenvalue weighted by Gasteiger charge is -2.07. The third kappa shape index (κ3) is 3.41. The normalized spacial score (nSPS) is 10.3.